The van der Waals surface area contributed by atoms with Crippen molar-refractivity contribution in [3.8, 4) is 5.88 Å². The third kappa shape index (κ3) is 2.42. The van der Waals surface area contributed by atoms with Gasteiger partial charge in [-0.3, -0.25) is 4.79 Å². The molecule has 0 aliphatic rings. The Morgan fingerprint density at radius 3 is 2.88 bits per heavy atom. The minimum absolute atomic E-state index is 0.410. The molecular formula is C13H13NO2S. The van der Waals surface area contributed by atoms with Gasteiger partial charge in [-0.05, 0) is 31.4 Å². The first kappa shape index (κ1) is 11.9. The predicted molar refractivity (Wildman–Crippen MR) is 70.1 cm³/mol. The molecule has 0 fully saturated rings. The zero-order valence-corrected chi connectivity index (χ0v) is 10.6. The summed E-state index contributed by atoms with van der Waals surface area (Å²) in [7, 11) is 0. The maximum absolute atomic E-state index is 10.9. The number of carbonyl (C=O) groups is 1. The first-order valence-corrected chi connectivity index (χ1v) is 6.57. The van der Waals surface area contributed by atoms with Crippen LogP contribution in [-0.4, -0.2) is 24.1 Å². The summed E-state index contributed by atoms with van der Waals surface area (Å²) in [5, 5.41) is 0.952. The Balaban J connectivity index is 2.61. The van der Waals surface area contributed by atoms with E-state index in [1.807, 2.05) is 37.4 Å². The SMILES string of the molecule is CCOc1nc2cc(SC)ccc2cc1C=O. The van der Waals surface area contributed by atoms with Gasteiger partial charge in [0.15, 0.2) is 6.29 Å². The largest absolute Gasteiger partial charge is 0.477 e. The van der Waals surface area contributed by atoms with Crippen LogP contribution in [0.1, 0.15) is 17.3 Å². The van der Waals surface area contributed by atoms with Crippen molar-refractivity contribution in [1.29, 1.82) is 0 Å². The molecule has 0 unspecified atom stereocenters. The summed E-state index contributed by atoms with van der Waals surface area (Å²) < 4.78 is 5.36. The van der Waals surface area contributed by atoms with Crippen LogP contribution in [0.5, 0.6) is 5.88 Å². The minimum Gasteiger partial charge on any atom is -0.477 e. The second-order valence-electron chi connectivity index (χ2n) is 3.49. The number of pyridine rings is 1. The van der Waals surface area contributed by atoms with Crippen molar-refractivity contribution >= 4 is 29.0 Å². The highest BCUT2D eigenvalue weighted by molar-refractivity contribution is 7.98. The average molecular weight is 247 g/mol. The van der Waals surface area contributed by atoms with Crippen molar-refractivity contribution in [1.82, 2.24) is 4.98 Å². The molecule has 0 aliphatic heterocycles. The van der Waals surface area contributed by atoms with E-state index >= 15 is 0 Å². The summed E-state index contributed by atoms with van der Waals surface area (Å²) in [6.07, 6.45) is 2.80. The van der Waals surface area contributed by atoms with Crippen LogP contribution in [0, 0.1) is 0 Å². The van der Waals surface area contributed by atoms with Crippen LogP contribution >= 0.6 is 11.8 Å². The number of thioether (sulfide) groups is 1. The Kier molecular flexibility index (Phi) is 3.64. The van der Waals surface area contributed by atoms with Crippen LogP contribution in [-0.2, 0) is 0 Å². The van der Waals surface area contributed by atoms with Gasteiger partial charge in [0, 0.05) is 10.3 Å². The molecule has 0 saturated heterocycles. The van der Waals surface area contributed by atoms with Crippen molar-refractivity contribution in [3.05, 3.63) is 29.8 Å². The lowest BCUT2D eigenvalue weighted by Gasteiger charge is -2.07. The fourth-order valence-electron chi connectivity index (χ4n) is 1.61. The average Bonchev–Trinajstić information content (AvgIpc) is 2.37. The topological polar surface area (TPSA) is 39.2 Å². The van der Waals surface area contributed by atoms with Gasteiger partial charge in [0.25, 0.3) is 0 Å². The van der Waals surface area contributed by atoms with Gasteiger partial charge < -0.3 is 4.74 Å². The van der Waals surface area contributed by atoms with E-state index in [0.29, 0.717) is 18.1 Å². The molecule has 0 spiro atoms. The molecule has 2 aromatic rings. The van der Waals surface area contributed by atoms with Crippen LogP contribution in [0.2, 0.25) is 0 Å². The fourth-order valence-corrected chi connectivity index (χ4v) is 2.04. The molecule has 0 N–H and O–H groups in total. The number of carbonyl (C=O) groups excluding carboxylic acids is 1. The van der Waals surface area contributed by atoms with Gasteiger partial charge in [0.2, 0.25) is 5.88 Å². The predicted octanol–water partition coefficient (Wildman–Crippen LogP) is 3.17. The van der Waals surface area contributed by atoms with E-state index < -0.39 is 0 Å². The highest BCUT2D eigenvalue weighted by Crippen LogP contribution is 2.25. The van der Waals surface area contributed by atoms with E-state index in [4.69, 9.17) is 4.74 Å². The quantitative estimate of drug-likeness (QED) is 0.614. The minimum atomic E-state index is 0.410. The van der Waals surface area contributed by atoms with E-state index in [2.05, 4.69) is 4.98 Å². The molecule has 1 aromatic heterocycles. The van der Waals surface area contributed by atoms with Crippen LogP contribution in [0.3, 0.4) is 0 Å². The fraction of sp³-hybridized carbons (Fsp3) is 0.231. The van der Waals surface area contributed by atoms with E-state index in [1.54, 1.807) is 11.8 Å². The Morgan fingerprint density at radius 1 is 1.41 bits per heavy atom. The van der Waals surface area contributed by atoms with Crippen molar-refractivity contribution in [2.24, 2.45) is 0 Å². The molecule has 0 saturated carbocycles. The summed E-state index contributed by atoms with van der Waals surface area (Å²) in [5.74, 6) is 0.410. The van der Waals surface area contributed by atoms with Crippen molar-refractivity contribution in [2.45, 2.75) is 11.8 Å². The number of hydrogen-bond acceptors (Lipinski definition) is 4. The van der Waals surface area contributed by atoms with Crippen LogP contribution in [0.25, 0.3) is 10.9 Å². The van der Waals surface area contributed by atoms with E-state index in [1.165, 1.54) is 0 Å². The number of nitrogens with zero attached hydrogens (tertiary/aromatic N) is 1. The lowest BCUT2D eigenvalue weighted by molar-refractivity contribution is 0.111. The number of aromatic nitrogens is 1. The molecule has 0 radical (unpaired) electrons. The van der Waals surface area contributed by atoms with Crippen LogP contribution in [0.15, 0.2) is 29.2 Å². The van der Waals surface area contributed by atoms with E-state index in [-0.39, 0.29) is 0 Å². The molecule has 0 aliphatic carbocycles. The standard InChI is InChI=1S/C13H13NO2S/c1-3-16-13-10(8-15)6-9-4-5-11(17-2)7-12(9)14-13/h4-8H,3H2,1-2H3. The first-order chi connectivity index (χ1) is 8.28. The number of hydrogen-bond donors (Lipinski definition) is 0. The number of rotatable bonds is 4. The Hall–Kier alpha value is -1.55. The lowest BCUT2D eigenvalue weighted by Crippen LogP contribution is -1.99. The number of fused-ring (bicyclic) bond motifs is 1. The second-order valence-corrected chi connectivity index (χ2v) is 4.37. The second kappa shape index (κ2) is 5.19. The van der Waals surface area contributed by atoms with Gasteiger partial charge in [-0.15, -0.1) is 11.8 Å². The first-order valence-electron chi connectivity index (χ1n) is 5.35. The molecule has 88 valence electrons. The Bertz CT molecular complexity index is 554. The molecule has 2 rings (SSSR count). The molecule has 0 atom stereocenters. The van der Waals surface area contributed by atoms with Gasteiger partial charge in [-0.1, -0.05) is 6.07 Å². The van der Waals surface area contributed by atoms with Crippen molar-refractivity contribution in [3.63, 3.8) is 0 Å². The smallest absolute Gasteiger partial charge is 0.224 e. The third-order valence-corrected chi connectivity index (χ3v) is 3.15. The Morgan fingerprint density at radius 2 is 2.24 bits per heavy atom. The normalized spacial score (nSPS) is 10.5. The summed E-state index contributed by atoms with van der Waals surface area (Å²) in [6.45, 7) is 2.38. The van der Waals surface area contributed by atoms with Gasteiger partial charge in [-0.2, -0.15) is 0 Å². The van der Waals surface area contributed by atoms with Gasteiger partial charge in [0.05, 0.1) is 17.7 Å². The zero-order valence-electron chi connectivity index (χ0n) is 9.77. The lowest BCUT2D eigenvalue weighted by atomic mass is 10.1. The number of aldehydes is 1. The van der Waals surface area contributed by atoms with Crippen LogP contribution in [0.4, 0.5) is 0 Å². The summed E-state index contributed by atoms with van der Waals surface area (Å²) in [4.78, 5) is 16.5. The zero-order chi connectivity index (χ0) is 12.3. The summed E-state index contributed by atoms with van der Waals surface area (Å²) in [5.41, 5.74) is 1.35. The Labute approximate surface area is 104 Å². The van der Waals surface area contributed by atoms with Gasteiger partial charge in [0.1, 0.15) is 0 Å². The van der Waals surface area contributed by atoms with E-state index in [0.717, 1.165) is 22.1 Å². The highest BCUT2D eigenvalue weighted by Gasteiger charge is 2.07. The highest BCUT2D eigenvalue weighted by atomic mass is 32.2. The van der Waals surface area contributed by atoms with Crippen molar-refractivity contribution in [2.75, 3.05) is 12.9 Å². The molecule has 4 heteroatoms. The molecule has 1 heterocycles. The van der Waals surface area contributed by atoms with Crippen molar-refractivity contribution < 1.29 is 9.53 Å². The molecule has 17 heavy (non-hydrogen) atoms. The van der Waals surface area contributed by atoms with Gasteiger partial charge in [-0.25, -0.2) is 4.98 Å². The van der Waals surface area contributed by atoms with Crippen LogP contribution < -0.4 is 4.74 Å². The number of benzene rings is 1. The molecular weight excluding hydrogens is 234 g/mol. The van der Waals surface area contributed by atoms with Gasteiger partial charge >= 0.3 is 0 Å². The molecule has 0 bridgehead atoms. The maximum Gasteiger partial charge on any atom is 0.224 e. The monoisotopic (exact) mass is 247 g/mol. The summed E-state index contributed by atoms with van der Waals surface area (Å²) >= 11 is 1.66. The third-order valence-electron chi connectivity index (χ3n) is 2.43. The molecule has 0 amide bonds. The number of ether oxygens (including phenoxy) is 1. The van der Waals surface area contributed by atoms with E-state index in [9.17, 15) is 4.79 Å². The molecule has 3 nitrogen and oxygen atoms in total. The molecule has 1 aromatic carbocycles. The maximum atomic E-state index is 10.9. The summed E-state index contributed by atoms with van der Waals surface area (Å²) in [6, 6.07) is 7.79.